The lowest BCUT2D eigenvalue weighted by Crippen LogP contribution is -2.29. The minimum absolute atomic E-state index is 0.107. The van der Waals surface area contributed by atoms with Crippen molar-refractivity contribution in [2.24, 2.45) is 11.8 Å². The summed E-state index contributed by atoms with van der Waals surface area (Å²) in [5.41, 5.74) is 2.94. The van der Waals surface area contributed by atoms with Gasteiger partial charge in [-0.25, -0.2) is 9.59 Å². The van der Waals surface area contributed by atoms with E-state index in [0.29, 0.717) is 34.5 Å². The van der Waals surface area contributed by atoms with E-state index in [1.165, 1.54) is 44.6 Å². The normalized spacial score (nSPS) is 21.6. The highest BCUT2D eigenvalue weighted by molar-refractivity contribution is 7.14. The van der Waals surface area contributed by atoms with Gasteiger partial charge in [-0.1, -0.05) is 12.1 Å². The summed E-state index contributed by atoms with van der Waals surface area (Å²) < 4.78 is 0. The molecule has 3 aliphatic rings. The van der Waals surface area contributed by atoms with Crippen LogP contribution >= 0.6 is 45.3 Å². The van der Waals surface area contributed by atoms with E-state index in [1.807, 2.05) is 33.7 Å². The molecule has 1 aromatic carbocycles. The van der Waals surface area contributed by atoms with Crippen molar-refractivity contribution in [2.75, 3.05) is 0 Å². The van der Waals surface area contributed by atoms with Crippen LogP contribution in [0.3, 0.4) is 0 Å². The third kappa shape index (κ3) is 4.32. The number of carboxylic acid groups (broad SMARTS) is 2. The van der Waals surface area contributed by atoms with Crippen LogP contribution in [0, 0.1) is 11.8 Å². The minimum Gasteiger partial charge on any atom is -0.478 e. The minimum atomic E-state index is -1.07. The number of carbonyl (C=O) groups is 4. The van der Waals surface area contributed by atoms with E-state index in [4.69, 9.17) is 0 Å². The summed E-state index contributed by atoms with van der Waals surface area (Å²) in [6.07, 6.45) is 1.74. The summed E-state index contributed by atoms with van der Waals surface area (Å²) in [6, 6.07) is 14.0. The second-order valence-corrected chi connectivity index (χ2v) is 14.3. The lowest BCUT2D eigenvalue weighted by Gasteiger charge is -2.33. The summed E-state index contributed by atoms with van der Waals surface area (Å²) in [5.74, 6) is -0.645. The van der Waals surface area contributed by atoms with E-state index in [2.05, 4.69) is 0 Å². The fourth-order valence-corrected chi connectivity index (χ4v) is 10.3. The molecule has 8 rings (SSSR count). The first-order valence-electron chi connectivity index (χ1n) is 13.3. The monoisotopic (exact) mass is 630 g/mol. The van der Waals surface area contributed by atoms with Crippen molar-refractivity contribution >= 4 is 68.9 Å². The number of Topliss-reactive ketones (excluding diaryl/α,β-unsaturated/α-hetero) is 2. The first-order chi connectivity index (χ1) is 20.3. The molecule has 0 saturated heterocycles. The Morgan fingerprint density at radius 1 is 0.571 bits per heavy atom. The summed E-state index contributed by atoms with van der Waals surface area (Å²) in [4.78, 5) is 52.2. The molecule has 4 heterocycles. The van der Waals surface area contributed by atoms with Gasteiger partial charge in [0.25, 0.3) is 0 Å². The number of rotatable bonds is 4. The number of benzene rings is 1. The van der Waals surface area contributed by atoms with Crippen molar-refractivity contribution in [3.63, 3.8) is 0 Å². The molecule has 42 heavy (non-hydrogen) atoms. The fourth-order valence-electron chi connectivity index (χ4n) is 6.61. The van der Waals surface area contributed by atoms with E-state index in [9.17, 15) is 29.4 Å². The third-order valence-electron chi connectivity index (χ3n) is 8.45. The maximum absolute atomic E-state index is 12.5. The first-order valence-corrected chi connectivity index (χ1v) is 16.8. The van der Waals surface area contributed by atoms with Crippen molar-refractivity contribution in [3.8, 4) is 20.9 Å². The summed E-state index contributed by atoms with van der Waals surface area (Å²) >= 11 is 6.14. The molecule has 1 fully saturated rings. The number of hydrogen-bond donors (Lipinski definition) is 2. The predicted molar refractivity (Wildman–Crippen MR) is 166 cm³/mol. The van der Waals surface area contributed by atoms with E-state index in [0.717, 1.165) is 33.7 Å². The van der Waals surface area contributed by atoms with Crippen molar-refractivity contribution in [2.45, 2.75) is 24.7 Å². The Balaban J connectivity index is 0.000000137. The van der Waals surface area contributed by atoms with E-state index >= 15 is 0 Å². The van der Waals surface area contributed by atoms with Gasteiger partial charge in [-0.05, 0) is 70.8 Å². The van der Waals surface area contributed by atoms with Gasteiger partial charge in [-0.2, -0.15) is 0 Å². The molecule has 6 nitrogen and oxygen atoms in total. The summed E-state index contributed by atoms with van der Waals surface area (Å²) in [6.45, 7) is 0. The highest BCUT2D eigenvalue weighted by atomic mass is 32.1. The lowest BCUT2D eigenvalue weighted by molar-refractivity contribution is 0.0682. The van der Waals surface area contributed by atoms with E-state index in [1.54, 1.807) is 46.9 Å². The van der Waals surface area contributed by atoms with Crippen molar-refractivity contribution in [3.05, 3.63) is 102 Å². The van der Waals surface area contributed by atoms with Gasteiger partial charge < -0.3 is 10.2 Å². The maximum atomic E-state index is 12.5. The number of ketones is 2. The van der Waals surface area contributed by atoms with Crippen molar-refractivity contribution in [1.82, 2.24) is 0 Å². The van der Waals surface area contributed by atoms with Crippen molar-refractivity contribution < 1.29 is 29.4 Å². The molecule has 0 amide bonds. The molecular formula is C32H22O6S4. The van der Waals surface area contributed by atoms with Gasteiger partial charge >= 0.3 is 11.9 Å². The number of aromatic carboxylic acids is 2. The van der Waals surface area contributed by atoms with Crippen LogP contribution in [0.2, 0.25) is 0 Å². The Labute approximate surface area is 256 Å². The van der Waals surface area contributed by atoms with Crippen LogP contribution in [0.15, 0.2) is 70.1 Å². The van der Waals surface area contributed by atoms with Gasteiger partial charge in [0.05, 0.1) is 11.1 Å². The second kappa shape index (κ2) is 10.5. The fraction of sp³-hybridized carbons (Fsp3) is 0.188. The number of thiophene rings is 4. The molecule has 0 spiro atoms. The molecule has 0 aliphatic heterocycles. The zero-order valence-electron chi connectivity index (χ0n) is 21.8. The average molecular weight is 631 g/mol. The largest absolute Gasteiger partial charge is 0.478 e. The third-order valence-corrected chi connectivity index (χ3v) is 12.4. The Bertz CT molecular complexity index is 1720. The highest BCUT2D eigenvalue weighted by Crippen LogP contribution is 2.58. The number of carbonyl (C=O) groups excluding carboxylic acids is 2. The number of hydrogen-bond acceptors (Lipinski definition) is 8. The van der Waals surface area contributed by atoms with Gasteiger partial charge in [0.15, 0.2) is 11.6 Å². The van der Waals surface area contributed by atoms with Crippen LogP contribution in [0.25, 0.3) is 20.9 Å². The molecule has 0 radical (unpaired) electrons. The van der Waals surface area contributed by atoms with Gasteiger partial charge in [0.1, 0.15) is 0 Å². The van der Waals surface area contributed by atoms with Crippen LogP contribution in [-0.2, 0) is 0 Å². The average Bonchev–Trinajstić information content (AvgIpc) is 3.83. The van der Waals surface area contributed by atoms with Gasteiger partial charge in [-0.3, -0.25) is 9.59 Å². The molecule has 3 aliphatic carbocycles. The Hall–Kier alpha value is -3.70. The van der Waals surface area contributed by atoms with Crippen LogP contribution in [0.1, 0.15) is 75.9 Å². The first kappa shape index (κ1) is 27.2. The van der Waals surface area contributed by atoms with Crippen LogP contribution in [-0.4, -0.2) is 33.7 Å². The predicted octanol–water partition coefficient (Wildman–Crippen LogP) is 8.64. The van der Waals surface area contributed by atoms with Gasteiger partial charge in [-0.15, -0.1) is 45.3 Å². The van der Waals surface area contributed by atoms with E-state index in [-0.39, 0.29) is 23.0 Å². The molecule has 10 heteroatoms. The Morgan fingerprint density at radius 3 is 1.36 bits per heavy atom. The smallest absolute Gasteiger partial charge is 0.336 e. The quantitative estimate of drug-likeness (QED) is 0.206. The molecule has 0 bridgehead atoms. The Kier molecular flexibility index (Phi) is 6.81. The second-order valence-electron chi connectivity index (χ2n) is 10.5. The number of carboxylic acids is 2. The Morgan fingerprint density at radius 2 is 1.00 bits per heavy atom. The standard InChI is InChI=1S/C16H10O4S2.C16H12O2S2/c17-15(18)11-8-10(14-4-2-6-22-14)12(16(19)20)7-9(11)13-3-1-5-21-13;17-13-7-1-3-19-15(7)11-6-10-12(5-9(11)13)16-8(14(10)18)2-4-20-16/h1-8H,(H,17,18)(H,19,20);1-4,9-12H,5-6H2. The molecule has 210 valence electrons. The van der Waals surface area contributed by atoms with Crippen molar-refractivity contribution in [1.29, 1.82) is 0 Å². The maximum Gasteiger partial charge on any atom is 0.336 e. The highest BCUT2D eigenvalue weighted by Gasteiger charge is 2.53. The lowest BCUT2D eigenvalue weighted by atomic mass is 9.70. The summed E-state index contributed by atoms with van der Waals surface area (Å²) in [5, 5.41) is 26.6. The van der Waals surface area contributed by atoms with Gasteiger partial charge in [0, 0.05) is 65.4 Å². The van der Waals surface area contributed by atoms with Crippen LogP contribution < -0.4 is 0 Å². The topological polar surface area (TPSA) is 109 Å². The number of fused-ring (bicyclic) bond motifs is 6. The zero-order chi connectivity index (χ0) is 29.1. The SMILES string of the molecule is O=C(O)c1cc(-c2cccs2)c(C(=O)O)cc1-c1cccs1.O=C1c2ccsc2C2CC3C(=O)c4ccsc4C3CC12. The van der Waals surface area contributed by atoms with Crippen LogP contribution in [0.4, 0.5) is 0 Å². The molecule has 4 unspecified atom stereocenters. The van der Waals surface area contributed by atoms with E-state index < -0.39 is 11.9 Å². The zero-order valence-corrected chi connectivity index (χ0v) is 25.1. The molecule has 4 atom stereocenters. The molecule has 2 N–H and O–H groups in total. The molecular weight excluding hydrogens is 609 g/mol. The van der Waals surface area contributed by atoms with Crippen LogP contribution in [0.5, 0.6) is 0 Å². The molecule has 1 saturated carbocycles. The summed E-state index contributed by atoms with van der Waals surface area (Å²) in [7, 11) is 0. The molecule has 4 aromatic heterocycles. The van der Waals surface area contributed by atoms with Gasteiger partial charge in [0.2, 0.25) is 0 Å². The molecule has 5 aromatic rings.